The van der Waals surface area contributed by atoms with Crippen LogP contribution in [0.5, 0.6) is 0 Å². The van der Waals surface area contributed by atoms with E-state index in [1.165, 1.54) is 6.42 Å². The Morgan fingerprint density at radius 2 is 1.94 bits per heavy atom. The minimum atomic E-state index is 0.117. The summed E-state index contributed by atoms with van der Waals surface area (Å²) in [7, 11) is 0. The van der Waals surface area contributed by atoms with Crippen LogP contribution in [0.3, 0.4) is 0 Å². The SMILES string of the molecule is CC(N)CCCC(C)C(=O)NC1CCC(C)C1C. The van der Waals surface area contributed by atoms with Crippen LogP contribution in [0, 0.1) is 17.8 Å². The molecule has 0 aliphatic heterocycles. The predicted molar refractivity (Wildman–Crippen MR) is 76.2 cm³/mol. The molecule has 5 atom stereocenters. The van der Waals surface area contributed by atoms with E-state index in [2.05, 4.69) is 19.2 Å². The van der Waals surface area contributed by atoms with E-state index in [0.29, 0.717) is 12.0 Å². The largest absolute Gasteiger partial charge is 0.353 e. The third kappa shape index (κ3) is 4.60. The first-order valence-corrected chi connectivity index (χ1v) is 7.47. The Balaban J connectivity index is 2.27. The molecule has 0 spiro atoms. The van der Waals surface area contributed by atoms with Gasteiger partial charge in [-0.1, -0.05) is 27.2 Å². The van der Waals surface area contributed by atoms with Crippen molar-refractivity contribution in [1.29, 1.82) is 0 Å². The topological polar surface area (TPSA) is 55.1 Å². The Kier molecular flexibility index (Phi) is 6.13. The quantitative estimate of drug-likeness (QED) is 0.765. The Labute approximate surface area is 112 Å². The van der Waals surface area contributed by atoms with Crippen LogP contribution in [0.15, 0.2) is 0 Å². The predicted octanol–water partition coefficient (Wildman–Crippen LogP) is 2.69. The van der Waals surface area contributed by atoms with Crippen LogP contribution in [0.1, 0.15) is 59.8 Å². The van der Waals surface area contributed by atoms with Crippen molar-refractivity contribution in [2.24, 2.45) is 23.5 Å². The fraction of sp³-hybridized carbons (Fsp3) is 0.933. The van der Waals surface area contributed by atoms with Gasteiger partial charge in [0.25, 0.3) is 0 Å². The molecule has 1 fully saturated rings. The van der Waals surface area contributed by atoms with Crippen LogP contribution in [0.4, 0.5) is 0 Å². The summed E-state index contributed by atoms with van der Waals surface area (Å²) in [6.07, 6.45) is 5.38. The molecule has 0 aromatic rings. The van der Waals surface area contributed by atoms with Gasteiger partial charge in [-0.2, -0.15) is 0 Å². The van der Waals surface area contributed by atoms with Crippen LogP contribution in [-0.2, 0) is 4.79 Å². The van der Waals surface area contributed by atoms with Gasteiger partial charge >= 0.3 is 0 Å². The van der Waals surface area contributed by atoms with E-state index >= 15 is 0 Å². The summed E-state index contributed by atoms with van der Waals surface area (Å²) in [6.45, 7) is 8.58. The second-order valence-electron chi connectivity index (χ2n) is 6.34. The maximum atomic E-state index is 12.1. The summed E-state index contributed by atoms with van der Waals surface area (Å²) in [5.74, 6) is 1.70. The lowest BCUT2D eigenvalue weighted by Gasteiger charge is -2.22. The van der Waals surface area contributed by atoms with Crippen LogP contribution in [0.25, 0.3) is 0 Å². The minimum Gasteiger partial charge on any atom is -0.353 e. The van der Waals surface area contributed by atoms with Crippen LogP contribution >= 0.6 is 0 Å². The van der Waals surface area contributed by atoms with E-state index in [0.717, 1.165) is 31.6 Å². The molecule has 18 heavy (non-hydrogen) atoms. The van der Waals surface area contributed by atoms with Gasteiger partial charge in [-0.05, 0) is 44.4 Å². The molecule has 0 radical (unpaired) electrons. The Morgan fingerprint density at radius 1 is 1.28 bits per heavy atom. The number of carbonyl (C=O) groups excluding carboxylic acids is 1. The molecule has 0 heterocycles. The number of nitrogens with two attached hydrogens (primary N) is 1. The van der Waals surface area contributed by atoms with E-state index in [-0.39, 0.29) is 17.9 Å². The van der Waals surface area contributed by atoms with Crippen LogP contribution in [0.2, 0.25) is 0 Å². The zero-order chi connectivity index (χ0) is 13.7. The molecule has 106 valence electrons. The number of hydrogen-bond donors (Lipinski definition) is 2. The third-order valence-corrected chi connectivity index (χ3v) is 4.54. The molecule has 3 heteroatoms. The normalized spacial score (nSPS) is 31.1. The summed E-state index contributed by atoms with van der Waals surface area (Å²) in [4.78, 5) is 12.1. The molecule has 1 aliphatic carbocycles. The molecule has 1 aliphatic rings. The van der Waals surface area contributed by atoms with Gasteiger partial charge in [0.15, 0.2) is 0 Å². The van der Waals surface area contributed by atoms with Crippen molar-refractivity contribution >= 4 is 5.91 Å². The zero-order valence-electron chi connectivity index (χ0n) is 12.4. The minimum absolute atomic E-state index is 0.117. The van der Waals surface area contributed by atoms with Crippen molar-refractivity contribution < 1.29 is 4.79 Å². The van der Waals surface area contributed by atoms with E-state index in [1.807, 2.05) is 13.8 Å². The summed E-state index contributed by atoms with van der Waals surface area (Å²) in [5, 5.41) is 3.23. The van der Waals surface area contributed by atoms with Gasteiger partial charge in [-0.3, -0.25) is 4.79 Å². The third-order valence-electron chi connectivity index (χ3n) is 4.54. The Morgan fingerprint density at radius 3 is 2.44 bits per heavy atom. The zero-order valence-corrected chi connectivity index (χ0v) is 12.4. The Bertz CT molecular complexity index is 265. The molecule has 3 nitrogen and oxygen atoms in total. The van der Waals surface area contributed by atoms with E-state index in [9.17, 15) is 4.79 Å². The van der Waals surface area contributed by atoms with Crippen molar-refractivity contribution in [3.8, 4) is 0 Å². The van der Waals surface area contributed by atoms with Gasteiger partial charge < -0.3 is 11.1 Å². The smallest absolute Gasteiger partial charge is 0.223 e. The highest BCUT2D eigenvalue weighted by Crippen LogP contribution is 2.31. The molecular formula is C15H30N2O. The first-order valence-electron chi connectivity index (χ1n) is 7.47. The number of nitrogens with one attached hydrogen (secondary N) is 1. The lowest BCUT2D eigenvalue weighted by Crippen LogP contribution is -2.40. The molecule has 0 aromatic heterocycles. The fourth-order valence-corrected chi connectivity index (χ4v) is 2.77. The monoisotopic (exact) mass is 254 g/mol. The molecule has 0 saturated heterocycles. The molecule has 0 bridgehead atoms. The van der Waals surface area contributed by atoms with Crippen molar-refractivity contribution in [2.45, 2.75) is 71.9 Å². The van der Waals surface area contributed by atoms with Crippen LogP contribution < -0.4 is 11.1 Å². The van der Waals surface area contributed by atoms with Crippen molar-refractivity contribution in [3.63, 3.8) is 0 Å². The van der Waals surface area contributed by atoms with E-state index < -0.39 is 0 Å². The van der Waals surface area contributed by atoms with Gasteiger partial charge in [0.1, 0.15) is 0 Å². The Hall–Kier alpha value is -0.570. The summed E-state index contributed by atoms with van der Waals surface area (Å²) in [5.41, 5.74) is 5.72. The molecular weight excluding hydrogens is 224 g/mol. The molecule has 1 amide bonds. The molecule has 3 N–H and O–H groups in total. The highest BCUT2D eigenvalue weighted by molar-refractivity contribution is 5.78. The van der Waals surface area contributed by atoms with Gasteiger partial charge in [0, 0.05) is 18.0 Å². The lowest BCUT2D eigenvalue weighted by atomic mass is 9.96. The summed E-state index contributed by atoms with van der Waals surface area (Å²) >= 11 is 0. The van der Waals surface area contributed by atoms with E-state index in [4.69, 9.17) is 5.73 Å². The highest BCUT2D eigenvalue weighted by Gasteiger charge is 2.31. The fourth-order valence-electron chi connectivity index (χ4n) is 2.77. The number of carbonyl (C=O) groups is 1. The lowest BCUT2D eigenvalue weighted by molar-refractivity contribution is -0.125. The van der Waals surface area contributed by atoms with Gasteiger partial charge in [0.05, 0.1) is 0 Å². The average molecular weight is 254 g/mol. The maximum Gasteiger partial charge on any atom is 0.223 e. The molecule has 1 rings (SSSR count). The maximum absolute atomic E-state index is 12.1. The highest BCUT2D eigenvalue weighted by atomic mass is 16.1. The van der Waals surface area contributed by atoms with Crippen molar-refractivity contribution in [2.75, 3.05) is 0 Å². The first kappa shape index (κ1) is 15.5. The number of rotatable bonds is 6. The second kappa shape index (κ2) is 7.13. The van der Waals surface area contributed by atoms with Gasteiger partial charge in [-0.25, -0.2) is 0 Å². The first-order chi connectivity index (χ1) is 8.41. The second-order valence-corrected chi connectivity index (χ2v) is 6.34. The van der Waals surface area contributed by atoms with Crippen molar-refractivity contribution in [3.05, 3.63) is 0 Å². The van der Waals surface area contributed by atoms with Crippen molar-refractivity contribution in [1.82, 2.24) is 5.32 Å². The van der Waals surface area contributed by atoms with E-state index in [1.54, 1.807) is 0 Å². The van der Waals surface area contributed by atoms with Gasteiger partial charge in [-0.15, -0.1) is 0 Å². The van der Waals surface area contributed by atoms with Crippen LogP contribution in [-0.4, -0.2) is 18.0 Å². The van der Waals surface area contributed by atoms with Gasteiger partial charge in [0.2, 0.25) is 5.91 Å². The summed E-state index contributed by atoms with van der Waals surface area (Å²) < 4.78 is 0. The molecule has 0 aromatic carbocycles. The average Bonchev–Trinajstić information content (AvgIpc) is 2.60. The molecule has 5 unspecified atom stereocenters. The molecule has 1 saturated carbocycles. The number of amides is 1. The number of hydrogen-bond acceptors (Lipinski definition) is 2. The standard InChI is InChI=1S/C15H30N2O/c1-10-8-9-14(13(10)4)17-15(18)11(2)6-5-7-12(3)16/h10-14H,5-9,16H2,1-4H3,(H,17,18). The summed E-state index contributed by atoms with van der Waals surface area (Å²) in [6, 6.07) is 0.638.